The average molecular weight is 478 g/mol. The van der Waals surface area contributed by atoms with E-state index in [9.17, 15) is 14.4 Å². The molecule has 0 unspecified atom stereocenters. The Bertz CT molecular complexity index is 1190. The number of primary amides is 1. The third-order valence-corrected chi connectivity index (χ3v) is 5.71. The highest BCUT2D eigenvalue weighted by Gasteiger charge is 2.26. The van der Waals surface area contributed by atoms with Crippen LogP contribution in [0.3, 0.4) is 0 Å². The van der Waals surface area contributed by atoms with E-state index < -0.39 is 5.91 Å². The molecular formula is C24H20BrN3O3. The number of nitrogens with zero attached hydrogens (tertiary/aromatic N) is 1. The van der Waals surface area contributed by atoms with Crippen LogP contribution >= 0.6 is 15.9 Å². The number of halogens is 1. The number of nitrogens with one attached hydrogen (secondary N) is 1. The van der Waals surface area contributed by atoms with Gasteiger partial charge in [0.15, 0.2) is 0 Å². The number of fused-ring (bicyclic) bond motifs is 1. The van der Waals surface area contributed by atoms with Crippen LogP contribution in [0.25, 0.3) is 0 Å². The van der Waals surface area contributed by atoms with Gasteiger partial charge in [0.05, 0.1) is 0 Å². The normalized spacial score (nSPS) is 12.7. The van der Waals surface area contributed by atoms with Gasteiger partial charge in [0, 0.05) is 39.1 Å². The summed E-state index contributed by atoms with van der Waals surface area (Å²) < 4.78 is 0.808. The smallest absolute Gasteiger partial charge is 0.258 e. The number of hydrogen-bond donors (Lipinski definition) is 2. The fourth-order valence-corrected chi connectivity index (χ4v) is 4.18. The minimum absolute atomic E-state index is 0.193. The Kier molecular flexibility index (Phi) is 5.86. The molecule has 1 aliphatic heterocycles. The zero-order valence-corrected chi connectivity index (χ0v) is 18.2. The first-order chi connectivity index (χ1) is 14.9. The lowest BCUT2D eigenvalue weighted by atomic mass is 9.95. The van der Waals surface area contributed by atoms with E-state index in [1.807, 2.05) is 12.1 Å². The standard InChI is InChI=1S/C24H20BrN3O3/c25-17-7-1-5-15(13-17)23(30)27-18-8-2-6-16(14-18)24(31)28-12-4-10-19-20(22(26)29)9-3-11-21(19)28/h1-3,5-9,11,13-14H,4,10,12H2,(H2,26,29)(H,27,30). The molecule has 156 valence electrons. The van der Waals surface area contributed by atoms with Crippen molar-refractivity contribution in [3.05, 3.63) is 93.5 Å². The number of rotatable bonds is 4. The average Bonchev–Trinajstić information content (AvgIpc) is 2.78. The monoisotopic (exact) mass is 477 g/mol. The summed E-state index contributed by atoms with van der Waals surface area (Å²) >= 11 is 3.36. The number of benzene rings is 3. The quantitative estimate of drug-likeness (QED) is 0.583. The van der Waals surface area contributed by atoms with Crippen molar-refractivity contribution >= 4 is 45.0 Å². The number of carbonyl (C=O) groups is 3. The lowest BCUT2D eigenvalue weighted by molar-refractivity contribution is 0.0977. The van der Waals surface area contributed by atoms with Crippen molar-refractivity contribution in [2.75, 3.05) is 16.8 Å². The van der Waals surface area contributed by atoms with E-state index in [0.29, 0.717) is 41.0 Å². The fraction of sp³-hybridized carbons (Fsp3) is 0.125. The van der Waals surface area contributed by atoms with Crippen molar-refractivity contribution in [3.63, 3.8) is 0 Å². The Hall–Kier alpha value is -3.45. The van der Waals surface area contributed by atoms with Gasteiger partial charge in [-0.05, 0) is 66.9 Å². The van der Waals surface area contributed by atoms with Gasteiger partial charge in [0.25, 0.3) is 11.8 Å². The zero-order valence-electron chi connectivity index (χ0n) is 16.6. The number of carbonyl (C=O) groups excluding carboxylic acids is 3. The predicted octanol–water partition coefficient (Wildman–Crippen LogP) is 4.39. The highest BCUT2D eigenvalue weighted by molar-refractivity contribution is 9.10. The molecular weight excluding hydrogens is 458 g/mol. The Morgan fingerprint density at radius 2 is 1.68 bits per heavy atom. The van der Waals surface area contributed by atoms with Crippen molar-refractivity contribution in [2.45, 2.75) is 12.8 Å². The maximum absolute atomic E-state index is 13.3. The molecule has 0 saturated heterocycles. The van der Waals surface area contributed by atoms with Crippen LogP contribution in [0.15, 0.2) is 71.2 Å². The van der Waals surface area contributed by atoms with E-state index in [0.717, 1.165) is 16.5 Å². The summed E-state index contributed by atoms with van der Waals surface area (Å²) in [5.41, 5.74) is 8.95. The zero-order chi connectivity index (χ0) is 22.0. The summed E-state index contributed by atoms with van der Waals surface area (Å²) in [6.07, 6.45) is 1.43. The molecule has 6 nitrogen and oxygen atoms in total. The number of anilines is 2. The van der Waals surface area contributed by atoms with E-state index in [4.69, 9.17) is 5.73 Å². The highest BCUT2D eigenvalue weighted by Crippen LogP contribution is 2.31. The summed E-state index contributed by atoms with van der Waals surface area (Å²) in [5.74, 6) is -0.954. The fourth-order valence-electron chi connectivity index (χ4n) is 3.79. The number of nitrogens with two attached hydrogens (primary N) is 1. The van der Waals surface area contributed by atoms with Crippen molar-refractivity contribution in [1.82, 2.24) is 0 Å². The Balaban J connectivity index is 1.59. The molecule has 0 bridgehead atoms. The highest BCUT2D eigenvalue weighted by atomic mass is 79.9. The van der Waals surface area contributed by atoms with Crippen molar-refractivity contribution < 1.29 is 14.4 Å². The van der Waals surface area contributed by atoms with Crippen molar-refractivity contribution in [2.24, 2.45) is 5.73 Å². The first-order valence-electron chi connectivity index (χ1n) is 9.84. The first kappa shape index (κ1) is 20.8. The molecule has 3 amide bonds. The van der Waals surface area contributed by atoms with Gasteiger partial charge in [-0.1, -0.05) is 34.1 Å². The second-order valence-corrected chi connectivity index (χ2v) is 8.19. The van der Waals surface area contributed by atoms with Crippen LogP contribution in [-0.4, -0.2) is 24.3 Å². The van der Waals surface area contributed by atoms with Crippen LogP contribution < -0.4 is 16.0 Å². The molecule has 1 heterocycles. The van der Waals surface area contributed by atoms with Crippen molar-refractivity contribution in [1.29, 1.82) is 0 Å². The molecule has 4 rings (SSSR count). The van der Waals surface area contributed by atoms with Gasteiger partial charge in [0.1, 0.15) is 0 Å². The van der Waals surface area contributed by atoms with Crippen LogP contribution in [0.4, 0.5) is 11.4 Å². The summed E-state index contributed by atoms with van der Waals surface area (Å²) in [5, 5.41) is 2.84. The molecule has 7 heteroatoms. The van der Waals surface area contributed by atoms with Gasteiger partial charge in [0.2, 0.25) is 5.91 Å². The van der Waals surface area contributed by atoms with Gasteiger partial charge < -0.3 is 16.0 Å². The molecule has 3 aromatic rings. The summed E-state index contributed by atoms with van der Waals surface area (Å²) in [7, 11) is 0. The van der Waals surface area contributed by atoms with Crippen LogP contribution in [0.2, 0.25) is 0 Å². The van der Waals surface area contributed by atoms with E-state index in [-0.39, 0.29) is 11.8 Å². The molecule has 0 spiro atoms. The van der Waals surface area contributed by atoms with E-state index >= 15 is 0 Å². The molecule has 31 heavy (non-hydrogen) atoms. The Labute approximate surface area is 188 Å². The molecule has 0 saturated carbocycles. The van der Waals surface area contributed by atoms with Crippen LogP contribution in [0.5, 0.6) is 0 Å². The first-order valence-corrected chi connectivity index (χ1v) is 10.6. The number of hydrogen-bond acceptors (Lipinski definition) is 3. The van der Waals surface area contributed by atoms with Gasteiger partial charge in [-0.3, -0.25) is 14.4 Å². The Morgan fingerprint density at radius 3 is 2.45 bits per heavy atom. The molecule has 0 aliphatic carbocycles. The topological polar surface area (TPSA) is 92.5 Å². The maximum atomic E-state index is 13.3. The van der Waals surface area contributed by atoms with E-state index in [2.05, 4.69) is 21.2 Å². The summed E-state index contributed by atoms with van der Waals surface area (Å²) in [4.78, 5) is 39.3. The minimum atomic E-state index is -0.497. The van der Waals surface area contributed by atoms with Gasteiger partial charge >= 0.3 is 0 Å². The molecule has 0 aromatic heterocycles. The lowest BCUT2D eigenvalue weighted by Crippen LogP contribution is -2.36. The summed E-state index contributed by atoms with van der Waals surface area (Å²) in [6.45, 7) is 0.544. The van der Waals surface area contributed by atoms with Gasteiger partial charge in [-0.15, -0.1) is 0 Å². The van der Waals surface area contributed by atoms with Crippen molar-refractivity contribution in [3.8, 4) is 0 Å². The van der Waals surface area contributed by atoms with Gasteiger partial charge in [-0.2, -0.15) is 0 Å². The van der Waals surface area contributed by atoms with E-state index in [1.54, 1.807) is 59.5 Å². The number of amides is 3. The SMILES string of the molecule is NC(=O)c1cccc2c1CCCN2C(=O)c1cccc(NC(=O)c2cccc(Br)c2)c1. The molecule has 0 radical (unpaired) electrons. The second-order valence-electron chi connectivity index (χ2n) is 7.27. The van der Waals surface area contributed by atoms with Crippen LogP contribution in [0, 0.1) is 0 Å². The Morgan fingerprint density at radius 1 is 0.935 bits per heavy atom. The van der Waals surface area contributed by atoms with Gasteiger partial charge in [-0.25, -0.2) is 0 Å². The minimum Gasteiger partial charge on any atom is -0.366 e. The molecule has 0 atom stereocenters. The largest absolute Gasteiger partial charge is 0.366 e. The van der Waals surface area contributed by atoms with Crippen LogP contribution in [0.1, 0.15) is 43.1 Å². The molecule has 3 N–H and O–H groups in total. The second kappa shape index (κ2) is 8.73. The maximum Gasteiger partial charge on any atom is 0.258 e. The lowest BCUT2D eigenvalue weighted by Gasteiger charge is -2.30. The van der Waals surface area contributed by atoms with Crippen LogP contribution in [-0.2, 0) is 6.42 Å². The third kappa shape index (κ3) is 4.36. The molecule has 0 fully saturated rings. The molecule has 1 aliphatic rings. The third-order valence-electron chi connectivity index (χ3n) is 5.22. The predicted molar refractivity (Wildman–Crippen MR) is 123 cm³/mol. The van der Waals surface area contributed by atoms with E-state index in [1.165, 1.54) is 0 Å². The molecule has 3 aromatic carbocycles. The summed E-state index contributed by atoms with van der Waals surface area (Å²) in [6, 6.07) is 19.2.